The van der Waals surface area contributed by atoms with Gasteiger partial charge in [-0.3, -0.25) is 19.8 Å². The molecule has 9 heteroatoms. The summed E-state index contributed by atoms with van der Waals surface area (Å²) in [7, 11) is 0. The Balaban J connectivity index is 1.41. The van der Waals surface area contributed by atoms with Crippen LogP contribution in [0, 0.1) is 16.0 Å². The maximum Gasteiger partial charge on any atom is 0.320 e. The Labute approximate surface area is 171 Å². The van der Waals surface area contributed by atoms with Gasteiger partial charge in [-0.05, 0) is 44.7 Å². The van der Waals surface area contributed by atoms with Crippen LogP contribution in [-0.2, 0) is 9.53 Å². The highest BCUT2D eigenvalue weighted by Gasteiger charge is 2.24. The molecule has 2 aliphatic heterocycles. The van der Waals surface area contributed by atoms with Gasteiger partial charge in [0, 0.05) is 45.3 Å². The number of anilines is 1. The van der Waals surface area contributed by atoms with Gasteiger partial charge in [0.2, 0.25) is 0 Å². The van der Waals surface area contributed by atoms with E-state index in [-0.39, 0.29) is 11.7 Å². The summed E-state index contributed by atoms with van der Waals surface area (Å²) >= 11 is 0. The molecule has 0 atom stereocenters. The number of nitro groups is 1. The monoisotopic (exact) mass is 405 g/mol. The summed E-state index contributed by atoms with van der Waals surface area (Å²) in [6.45, 7) is 9.53. The minimum atomic E-state index is -0.419. The predicted molar refractivity (Wildman–Crippen MR) is 110 cm³/mol. The summed E-state index contributed by atoms with van der Waals surface area (Å²) in [4.78, 5) is 33.2. The minimum absolute atomic E-state index is 0.0294. The molecule has 160 valence electrons. The van der Waals surface area contributed by atoms with Gasteiger partial charge in [0.25, 0.3) is 5.69 Å². The molecule has 2 saturated heterocycles. The molecular weight excluding hydrogens is 374 g/mol. The zero-order valence-corrected chi connectivity index (χ0v) is 17.2. The van der Waals surface area contributed by atoms with E-state index in [0.29, 0.717) is 19.1 Å². The first-order valence-corrected chi connectivity index (χ1v) is 10.5. The highest BCUT2D eigenvalue weighted by Crippen LogP contribution is 2.24. The van der Waals surface area contributed by atoms with Gasteiger partial charge in [0.1, 0.15) is 12.0 Å². The van der Waals surface area contributed by atoms with Crippen molar-refractivity contribution in [2.75, 3.05) is 63.9 Å². The van der Waals surface area contributed by atoms with Crippen molar-refractivity contribution in [2.45, 2.75) is 26.2 Å². The molecule has 0 unspecified atom stereocenters. The summed E-state index contributed by atoms with van der Waals surface area (Å²) in [6.07, 6.45) is 4.61. The molecule has 0 bridgehead atoms. The topological polar surface area (TPSA) is 92.0 Å². The molecule has 29 heavy (non-hydrogen) atoms. The Morgan fingerprint density at radius 1 is 1.17 bits per heavy atom. The average Bonchev–Trinajstić information content (AvgIpc) is 2.94. The van der Waals surface area contributed by atoms with Crippen molar-refractivity contribution < 1.29 is 14.5 Å². The van der Waals surface area contributed by atoms with Crippen molar-refractivity contribution >= 4 is 17.5 Å². The Bertz CT molecular complexity index is 676. The molecule has 0 spiro atoms. The van der Waals surface area contributed by atoms with Crippen molar-refractivity contribution in [2.24, 2.45) is 5.92 Å². The van der Waals surface area contributed by atoms with Crippen LogP contribution in [0.25, 0.3) is 0 Å². The molecule has 0 saturated carbocycles. The fourth-order valence-electron chi connectivity index (χ4n) is 4.14. The Hall–Kier alpha value is -2.26. The van der Waals surface area contributed by atoms with Crippen molar-refractivity contribution in [3.63, 3.8) is 0 Å². The van der Waals surface area contributed by atoms with E-state index in [4.69, 9.17) is 4.74 Å². The lowest BCUT2D eigenvalue weighted by atomic mass is 9.96. The number of ether oxygens (including phenoxy) is 1. The zero-order chi connectivity index (χ0) is 20.6. The maximum absolute atomic E-state index is 11.7. The first-order valence-electron chi connectivity index (χ1n) is 10.5. The van der Waals surface area contributed by atoms with Crippen molar-refractivity contribution in [3.05, 3.63) is 28.4 Å². The van der Waals surface area contributed by atoms with Gasteiger partial charge < -0.3 is 14.5 Å². The number of carbonyl (C=O) groups excluding carboxylic acids is 1. The zero-order valence-electron chi connectivity index (χ0n) is 17.2. The molecule has 0 radical (unpaired) electrons. The summed E-state index contributed by atoms with van der Waals surface area (Å²) < 4.78 is 5.06. The number of rotatable bonds is 7. The van der Waals surface area contributed by atoms with Crippen LogP contribution in [0.4, 0.5) is 11.5 Å². The third-order valence-electron chi connectivity index (χ3n) is 5.74. The predicted octanol–water partition coefficient (Wildman–Crippen LogP) is 1.78. The second-order valence-corrected chi connectivity index (χ2v) is 7.80. The number of pyridine rings is 1. The van der Waals surface area contributed by atoms with Crippen LogP contribution in [0.15, 0.2) is 18.3 Å². The number of nitrogens with zero attached hydrogens (tertiary/aromatic N) is 5. The van der Waals surface area contributed by atoms with Crippen LogP contribution < -0.4 is 4.90 Å². The number of piperidine rings is 1. The number of esters is 1. The molecule has 0 amide bonds. The number of hydrogen-bond donors (Lipinski definition) is 0. The molecule has 1 aromatic heterocycles. The summed E-state index contributed by atoms with van der Waals surface area (Å²) in [5.74, 6) is 1.34. The van der Waals surface area contributed by atoms with Gasteiger partial charge in [-0.1, -0.05) is 0 Å². The molecule has 9 nitrogen and oxygen atoms in total. The third-order valence-corrected chi connectivity index (χ3v) is 5.74. The molecule has 0 aliphatic carbocycles. The molecule has 2 aliphatic rings. The smallest absolute Gasteiger partial charge is 0.320 e. The van der Waals surface area contributed by atoms with Crippen molar-refractivity contribution in [1.29, 1.82) is 0 Å². The molecule has 0 N–H and O–H groups in total. The SMILES string of the molecule is CCOC(=O)CN1CCCN(CC2CCN(c3ccc([N+](=O)[O-])cn3)CC2)CC1. The second kappa shape index (κ2) is 10.5. The summed E-state index contributed by atoms with van der Waals surface area (Å²) in [5, 5.41) is 10.8. The number of aromatic nitrogens is 1. The van der Waals surface area contributed by atoms with Crippen molar-refractivity contribution in [3.8, 4) is 0 Å². The largest absolute Gasteiger partial charge is 0.465 e. The van der Waals surface area contributed by atoms with E-state index in [1.165, 1.54) is 12.3 Å². The molecular formula is C20H31N5O4. The van der Waals surface area contributed by atoms with Crippen LogP contribution >= 0.6 is 0 Å². The normalized spacial score (nSPS) is 19.7. The molecule has 0 aromatic carbocycles. The van der Waals surface area contributed by atoms with E-state index in [1.54, 1.807) is 6.07 Å². The van der Waals surface area contributed by atoms with Gasteiger partial charge in [-0.2, -0.15) is 0 Å². The Morgan fingerprint density at radius 2 is 1.90 bits per heavy atom. The van der Waals surface area contributed by atoms with Crippen molar-refractivity contribution in [1.82, 2.24) is 14.8 Å². The number of carbonyl (C=O) groups is 1. The van der Waals surface area contributed by atoms with Gasteiger partial charge in [0.15, 0.2) is 0 Å². The minimum Gasteiger partial charge on any atom is -0.465 e. The van der Waals surface area contributed by atoms with E-state index in [1.807, 2.05) is 6.92 Å². The molecule has 1 aromatic rings. The first kappa shape index (κ1) is 21.4. The molecule has 3 heterocycles. The van der Waals surface area contributed by atoms with E-state index in [0.717, 1.165) is 70.9 Å². The molecule has 3 rings (SSSR count). The van der Waals surface area contributed by atoms with Crippen LogP contribution in [-0.4, -0.2) is 84.6 Å². The Morgan fingerprint density at radius 3 is 2.55 bits per heavy atom. The average molecular weight is 405 g/mol. The second-order valence-electron chi connectivity index (χ2n) is 7.80. The van der Waals surface area contributed by atoms with Crippen LogP contribution in [0.1, 0.15) is 26.2 Å². The molecule has 2 fully saturated rings. The quantitative estimate of drug-likeness (QED) is 0.385. The fraction of sp³-hybridized carbons (Fsp3) is 0.700. The highest BCUT2D eigenvalue weighted by molar-refractivity contribution is 5.71. The lowest BCUT2D eigenvalue weighted by Crippen LogP contribution is -2.40. The van der Waals surface area contributed by atoms with Gasteiger partial charge in [-0.25, -0.2) is 4.98 Å². The summed E-state index contributed by atoms with van der Waals surface area (Å²) in [5.41, 5.74) is 0.0294. The van der Waals surface area contributed by atoms with E-state index < -0.39 is 4.92 Å². The van der Waals surface area contributed by atoms with Gasteiger partial charge >= 0.3 is 5.97 Å². The highest BCUT2D eigenvalue weighted by atomic mass is 16.6. The number of hydrogen-bond acceptors (Lipinski definition) is 8. The third kappa shape index (κ3) is 6.37. The maximum atomic E-state index is 11.7. The van der Waals surface area contributed by atoms with Crippen LogP contribution in [0.3, 0.4) is 0 Å². The summed E-state index contributed by atoms with van der Waals surface area (Å²) in [6, 6.07) is 3.26. The van der Waals surface area contributed by atoms with E-state index in [9.17, 15) is 14.9 Å². The lowest BCUT2D eigenvalue weighted by Gasteiger charge is -2.35. The Kier molecular flexibility index (Phi) is 7.76. The van der Waals surface area contributed by atoms with E-state index >= 15 is 0 Å². The fourth-order valence-corrected chi connectivity index (χ4v) is 4.14. The van der Waals surface area contributed by atoms with E-state index in [2.05, 4.69) is 19.7 Å². The van der Waals surface area contributed by atoms with Gasteiger partial charge in [-0.15, -0.1) is 0 Å². The van der Waals surface area contributed by atoms with Gasteiger partial charge in [0.05, 0.1) is 18.1 Å². The standard InChI is InChI=1S/C20H31N5O4/c1-2-29-20(26)16-23-9-3-8-22(12-13-23)15-17-6-10-24(11-7-17)19-5-4-18(14-21-19)25(27)28/h4-5,14,17H,2-3,6-13,15-16H2,1H3. The van der Waals surface area contributed by atoms with Crippen LogP contribution in [0.5, 0.6) is 0 Å². The van der Waals surface area contributed by atoms with Crippen LogP contribution in [0.2, 0.25) is 0 Å². The lowest BCUT2D eigenvalue weighted by molar-refractivity contribution is -0.385. The first-order chi connectivity index (χ1) is 14.0.